The van der Waals surface area contributed by atoms with Crippen LogP contribution in [0.2, 0.25) is 0 Å². The molecule has 4 rings (SSSR count). The number of hydrogen-bond acceptors (Lipinski definition) is 11. The first-order chi connectivity index (χ1) is 21.5. The van der Waals surface area contributed by atoms with E-state index in [0.717, 1.165) is 78.5 Å². The number of benzene rings is 2. The van der Waals surface area contributed by atoms with Crippen molar-refractivity contribution in [2.75, 3.05) is 98.4 Å². The van der Waals surface area contributed by atoms with Crippen LogP contribution in [0.1, 0.15) is 28.8 Å². The number of primary amides is 1. The molecular formula is C31H42N6O7. The lowest BCUT2D eigenvalue weighted by atomic mass is 10.1. The molecule has 2 aromatic rings. The highest BCUT2D eigenvalue weighted by atomic mass is 16.5. The minimum Gasteiger partial charge on any atom is -0.493 e. The van der Waals surface area contributed by atoms with Crippen molar-refractivity contribution < 1.29 is 33.2 Å². The van der Waals surface area contributed by atoms with E-state index >= 15 is 0 Å². The van der Waals surface area contributed by atoms with Gasteiger partial charge in [-0.05, 0) is 18.9 Å². The van der Waals surface area contributed by atoms with Gasteiger partial charge >= 0.3 is 0 Å². The summed E-state index contributed by atoms with van der Waals surface area (Å²) in [6, 6.07) is 8.61. The van der Waals surface area contributed by atoms with Gasteiger partial charge in [0.25, 0.3) is 5.91 Å². The van der Waals surface area contributed by atoms with E-state index in [9.17, 15) is 10.1 Å². The Morgan fingerprint density at radius 2 is 1.45 bits per heavy atom. The second kappa shape index (κ2) is 17.3. The number of nitriles is 1. The molecule has 0 aromatic heterocycles. The van der Waals surface area contributed by atoms with Gasteiger partial charge in [-0.2, -0.15) is 5.26 Å². The number of rotatable bonds is 16. The molecule has 0 saturated carbocycles. The maximum atomic E-state index is 12.3. The van der Waals surface area contributed by atoms with E-state index in [2.05, 4.69) is 26.2 Å². The molecule has 1 amide bonds. The predicted molar refractivity (Wildman–Crippen MR) is 166 cm³/mol. The Balaban J connectivity index is 1.39. The van der Waals surface area contributed by atoms with Crippen LogP contribution in [0.5, 0.6) is 23.0 Å². The van der Waals surface area contributed by atoms with E-state index in [-0.39, 0.29) is 11.3 Å². The molecule has 238 valence electrons. The summed E-state index contributed by atoms with van der Waals surface area (Å²) in [6.07, 6.45) is 3.02. The molecule has 44 heavy (non-hydrogen) atoms. The smallest absolute Gasteiger partial charge is 0.251 e. The molecule has 2 aliphatic rings. The number of hydrogen-bond donors (Lipinski definition) is 2. The first-order valence-corrected chi connectivity index (χ1v) is 14.8. The fourth-order valence-electron chi connectivity index (χ4n) is 4.93. The summed E-state index contributed by atoms with van der Waals surface area (Å²) < 4.78 is 33.7. The average molecular weight is 611 g/mol. The van der Waals surface area contributed by atoms with Gasteiger partial charge in [-0.3, -0.25) is 14.6 Å². The molecule has 2 aliphatic heterocycles. The minimum absolute atomic E-state index is 0.172. The zero-order valence-electron chi connectivity index (χ0n) is 25.5. The molecule has 0 aliphatic carbocycles. The normalized spacial score (nSPS) is 15.9. The highest BCUT2D eigenvalue weighted by Crippen LogP contribution is 2.36. The van der Waals surface area contributed by atoms with Crippen LogP contribution in [-0.2, 0) is 9.47 Å². The van der Waals surface area contributed by atoms with Crippen LogP contribution in [-0.4, -0.2) is 115 Å². The van der Waals surface area contributed by atoms with Crippen molar-refractivity contribution in [2.45, 2.75) is 12.8 Å². The second-order valence-corrected chi connectivity index (χ2v) is 10.3. The van der Waals surface area contributed by atoms with Crippen LogP contribution >= 0.6 is 0 Å². The molecule has 0 atom stereocenters. The first kappa shape index (κ1) is 32.8. The molecule has 2 heterocycles. The van der Waals surface area contributed by atoms with Gasteiger partial charge in [0.15, 0.2) is 23.0 Å². The average Bonchev–Trinajstić information content (AvgIpc) is 3.06. The quantitative estimate of drug-likeness (QED) is 0.164. The number of nitrogens with one attached hydrogen (secondary N) is 1. The fourth-order valence-corrected chi connectivity index (χ4v) is 4.93. The molecule has 0 bridgehead atoms. The summed E-state index contributed by atoms with van der Waals surface area (Å²) in [4.78, 5) is 21.4. The van der Waals surface area contributed by atoms with Crippen LogP contribution in [0.25, 0.3) is 0 Å². The molecule has 2 fully saturated rings. The Morgan fingerprint density at radius 1 is 0.909 bits per heavy atom. The molecule has 13 heteroatoms. The number of morpholine rings is 2. The number of methoxy groups -OCH3 is 2. The SMILES string of the molecule is COc1cc(NC=Nc2cc(OC)c(OCCCN3CCOCC3)cc2C(N)=O)c(C#N)cc1OCCCN1CCOCC1. The molecule has 0 spiro atoms. The molecule has 2 saturated heterocycles. The van der Waals surface area contributed by atoms with E-state index in [0.29, 0.717) is 47.5 Å². The van der Waals surface area contributed by atoms with Crippen molar-refractivity contribution in [2.24, 2.45) is 10.7 Å². The Bertz CT molecular complexity index is 1300. The van der Waals surface area contributed by atoms with Crippen molar-refractivity contribution in [3.05, 3.63) is 35.4 Å². The molecule has 2 aromatic carbocycles. The fraction of sp³-hybridized carbons (Fsp3) is 0.516. The lowest BCUT2D eigenvalue weighted by Crippen LogP contribution is -2.37. The van der Waals surface area contributed by atoms with Crippen molar-refractivity contribution in [3.63, 3.8) is 0 Å². The van der Waals surface area contributed by atoms with E-state index in [1.54, 1.807) is 18.2 Å². The Hall–Kier alpha value is -4.09. The van der Waals surface area contributed by atoms with Gasteiger partial charge in [0.05, 0.1) is 82.7 Å². The maximum Gasteiger partial charge on any atom is 0.251 e. The molecule has 13 nitrogen and oxygen atoms in total. The van der Waals surface area contributed by atoms with Gasteiger partial charge in [0, 0.05) is 57.5 Å². The third kappa shape index (κ3) is 9.45. The van der Waals surface area contributed by atoms with E-state index < -0.39 is 5.91 Å². The van der Waals surface area contributed by atoms with Crippen LogP contribution < -0.4 is 30.0 Å². The van der Waals surface area contributed by atoms with Gasteiger partial charge in [-0.25, -0.2) is 4.99 Å². The lowest BCUT2D eigenvalue weighted by Gasteiger charge is -2.26. The van der Waals surface area contributed by atoms with Crippen LogP contribution in [0.3, 0.4) is 0 Å². The van der Waals surface area contributed by atoms with Crippen molar-refractivity contribution in [3.8, 4) is 29.1 Å². The zero-order chi connectivity index (χ0) is 31.1. The van der Waals surface area contributed by atoms with E-state index in [1.807, 2.05) is 0 Å². The number of aliphatic imine (C=N–C) groups is 1. The van der Waals surface area contributed by atoms with E-state index in [4.69, 9.17) is 34.2 Å². The van der Waals surface area contributed by atoms with Crippen molar-refractivity contribution in [1.29, 1.82) is 5.26 Å². The summed E-state index contributed by atoms with van der Waals surface area (Å²) in [7, 11) is 3.06. The summed E-state index contributed by atoms with van der Waals surface area (Å²) in [5.41, 5.74) is 6.93. The second-order valence-electron chi connectivity index (χ2n) is 10.3. The van der Waals surface area contributed by atoms with Crippen LogP contribution in [0.4, 0.5) is 11.4 Å². The predicted octanol–water partition coefficient (Wildman–Crippen LogP) is 2.65. The van der Waals surface area contributed by atoms with Gasteiger partial charge in [-0.1, -0.05) is 0 Å². The van der Waals surface area contributed by atoms with Crippen LogP contribution in [0, 0.1) is 11.3 Å². The highest BCUT2D eigenvalue weighted by Gasteiger charge is 2.17. The summed E-state index contributed by atoms with van der Waals surface area (Å²) in [6.45, 7) is 9.39. The maximum absolute atomic E-state index is 12.3. The summed E-state index contributed by atoms with van der Waals surface area (Å²) >= 11 is 0. The van der Waals surface area contributed by atoms with Crippen LogP contribution in [0.15, 0.2) is 29.3 Å². The Labute approximate surface area is 258 Å². The molecule has 3 N–H and O–H groups in total. The molecule has 0 unspecified atom stereocenters. The van der Waals surface area contributed by atoms with Crippen molar-refractivity contribution in [1.82, 2.24) is 9.80 Å². The topological polar surface area (TPSA) is 153 Å². The number of ether oxygens (including phenoxy) is 6. The third-order valence-corrected chi connectivity index (χ3v) is 7.36. The number of carbonyl (C=O) groups is 1. The van der Waals surface area contributed by atoms with Gasteiger partial charge in [-0.15, -0.1) is 0 Å². The number of nitrogens with two attached hydrogens (primary N) is 1. The zero-order valence-corrected chi connectivity index (χ0v) is 25.5. The lowest BCUT2D eigenvalue weighted by molar-refractivity contribution is 0.0357. The summed E-state index contributed by atoms with van der Waals surface area (Å²) in [5, 5.41) is 12.8. The van der Waals surface area contributed by atoms with E-state index in [1.165, 1.54) is 26.6 Å². The largest absolute Gasteiger partial charge is 0.493 e. The Kier molecular flexibility index (Phi) is 12.9. The third-order valence-electron chi connectivity index (χ3n) is 7.36. The minimum atomic E-state index is -0.660. The highest BCUT2D eigenvalue weighted by molar-refractivity contribution is 5.99. The standard InChI is InChI=1S/C31H42N6O7/c1-39-27-19-25(23(21-32)17-29(27)43-11-3-5-36-7-13-41-14-8-36)34-22-35-26-20-28(40-2)30(18-24(26)31(33)38)44-12-4-6-37-9-15-42-16-10-37/h17-20,22H,3-16H2,1-2H3,(H2,33,38)(H,34,35). The molecule has 0 radical (unpaired) electrons. The number of nitrogens with zero attached hydrogens (tertiary/aromatic N) is 4. The first-order valence-electron chi connectivity index (χ1n) is 14.8. The monoisotopic (exact) mass is 610 g/mol. The number of amides is 1. The van der Waals surface area contributed by atoms with Gasteiger partial charge in [0.2, 0.25) is 0 Å². The Morgan fingerprint density at radius 3 is 1.98 bits per heavy atom. The van der Waals surface area contributed by atoms with Gasteiger partial charge < -0.3 is 39.5 Å². The number of anilines is 1. The summed E-state index contributed by atoms with van der Waals surface area (Å²) in [5.74, 6) is 1.12. The number of carbonyl (C=O) groups excluding carboxylic acids is 1. The van der Waals surface area contributed by atoms with Gasteiger partial charge in [0.1, 0.15) is 6.07 Å². The molecular weight excluding hydrogens is 568 g/mol. The van der Waals surface area contributed by atoms with Crippen molar-refractivity contribution >= 4 is 23.6 Å².